The Labute approximate surface area is 116 Å². The number of carboxylic acid groups (broad SMARTS) is 1. The van der Waals surface area contributed by atoms with Crippen molar-refractivity contribution < 1.29 is 19.1 Å². The smallest absolute Gasteiger partial charge is 0.371 e. The summed E-state index contributed by atoms with van der Waals surface area (Å²) in [5.41, 5.74) is 5.94. The molecule has 2 rings (SSSR count). The summed E-state index contributed by atoms with van der Waals surface area (Å²) in [4.78, 5) is 22.4. The van der Waals surface area contributed by atoms with Gasteiger partial charge >= 0.3 is 12.0 Å². The first-order valence-electron chi connectivity index (χ1n) is 6.68. The first-order chi connectivity index (χ1) is 9.56. The lowest BCUT2D eigenvalue weighted by Gasteiger charge is -2.29. The molecule has 1 aromatic rings. The first-order valence-corrected chi connectivity index (χ1v) is 6.68. The van der Waals surface area contributed by atoms with Gasteiger partial charge in [0.2, 0.25) is 5.76 Å². The number of carbonyl (C=O) groups is 2. The summed E-state index contributed by atoms with van der Waals surface area (Å²) < 4.78 is 5.04. The number of nitrogens with one attached hydrogen (secondary N) is 2. The van der Waals surface area contributed by atoms with Gasteiger partial charge in [0.1, 0.15) is 5.76 Å². The number of carboxylic acids is 1. The van der Waals surface area contributed by atoms with Crippen LogP contribution in [0.5, 0.6) is 0 Å². The van der Waals surface area contributed by atoms with Crippen molar-refractivity contribution in [2.75, 3.05) is 0 Å². The monoisotopic (exact) mass is 281 g/mol. The van der Waals surface area contributed by atoms with E-state index in [1.807, 2.05) is 0 Å². The van der Waals surface area contributed by atoms with Crippen LogP contribution in [0.3, 0.4) is 0 Å². The molecule has 1 heterocycles. The third-order valence-electron chi connectivity index (χ3n) is 3.43. The van der Waals surface area contributed by atoms with Crippen molar-refractivity contribution >= 4 is 12.0 Å². The Kier molecular flexibility index (Phi) is 4.62. The van der Waals surface area contributed by atoms with E-state index >= 15 is 0 Å². The second kappa shape index (κ2) is 6.42. The van der Waals surface area contributed by atoms with E-state index in [0.29, 0.717) is 5.76 Å². The Hall–Kier alpha value is -2.02. The molecule has 1 aliphatic rings. The number of nitrogens with two attached hydrogens (primary N) is 1. The van der Waals surface area contributed by atoms with Crippen molar-refractivity contribution in [2.24, 2.45) is 5.73 Å². The summed E-state index contributed by atoms with van der Waals surface area (Å²) in [6.07, 6.45) is 3.98. The fraction of sp³-hybridized carbons (Fsp3) is 0.538. The zero-order chi connectivity index (χ0) is 14.5. The summed E-state index contributed by atoms with van der Waals surface area (Å²) in [6, 6.07) is 2.55. The van der Waals surface area contributed by atoms with Crippen LogP contribution >= 0.6 is 0 Å². The highest BCUT2D eigenvalue weighted by Gasteiger charge is 2.23. The maximum Gasteiger partial charge on any atom is 0.371 e. The zero-order valence-corrected chi connectivity index (χ0v) is 11.1. The summed E-state index contributed by atoms with van der Waals surface area (Å²) in [5.74, 6) is -0.879. The van der Waals surface area contributed by atoms with Crippen LogP contribution in [0.4, 0.5) is 4.79 Å². The molecular weight excluding hydrogens is 262 g/mol. The predicted molar refractivity (Wildman–Crippen MR) is 71.3 cm³/mol. The predicted octanol–water partition coefficient (Wildman–Crippen LogP) is 1.05. The molecule has 2 amide bonds. The van der Waals surface area contributed by atoms with Crippen LogP contribution in [0.1, 0.15) is 42.0 Å². The molecule has 1 aromatic heterocycles. The maximum absolute atomic E-state index is 11.7. The molecule has 0 aromatic carbocycles. The highest BCUT2D eigenvalue weighted by atomic mass is 16.4. The van der Waals surface area contributed by atoms with Gasteiger partial charge in [0, 0.05) is 12.1 Å². The Morgan fingerprint density at radius 1 is 1.35 bits per heavy atom. The minimum atomic E-state index is -1.13. The van der Waals surface area contributed by atoms with Gasteiger partial charge in [-0.1, -0.05) is 12.8 Å². The van der Waals surface area contributed by atoms with E-state index in [1.54, 1.807) is 0 Å². The largest absolute Gasteiger partial charge is 0.475 e. The molecule has 7 heteroatoms. The normalized spacial score (nSPS) is 22.2. The third-order valence-corrected chi connectivity index (χ3v) is 3.43. The topological polar surface area (TPSA) is 118 Å². The molecule has 2 unspecified atom stereocenters. The van der Waals surface area contributed by atoms with Gasteiger partial charge in [-0.15, -0.1) is 0 Å². The van der Waals surface area contributed by atoms with Crippen molar-refractivity contribution in [3.8, 4) is 0 Å². The van der Waals surface area contributed by atoms with Crippen molar-refractivity contribution in [2.45, 2.75) is 44.3 Å². The molecule has 20 heavy (non-hydrogen) atoms. The average Bonchev–Trinajstić information content (AvgIpc) is 2.88. The summed E-state index contributed by atoms with van der Waals surface area (Å²) in [7, 11) is 0. The lowest BCUT2D eigenvalue weighted by atomic mass is 9.91. The molecule has 1 saturated carbocycles. The van der Waals surface area contributed by atoms with E-state index in [1.165, 1.54) is 12.1 Å². The second-order valence-corrected chi connectivity index (χ2v) is 4.95. The van der Waals surface area contributed by atoms with Crippen molar-refractivity contribution in [1.82, 2.24) is 10.6 Å². The third kappa shape index (κ3) is 3.74. The van der Waals surface area contributed by atoms with Crippen molar-refractivity contribution in [1.29, 1.82) is 0 Å². The minimum absolute atomic E-state index is 0.00303. The van der Waals surface area contributed by atoms with Gasteiger partial charge in [-0.25, -0.2) is 9.59 Å². The Balaban J connectivity index is 1.78. The van der Waals surface area contributed by atoms with Crippen LogP contribution in [-0.2, 0) is 6.54 Å². The molecule has 1 aliphatic carbocycles. The molecule has 0 aliphatic heterocycles. The fourth-order valence-electron chi connectivity index (χ4n) is 2.31. The molecule has 0 bridgehead atoms. The van der Waals surface area contributed by atoms with Crippen LogP contribution in [0, 0.1) is 0 Å². The molecule has 110 valence electrons. The Morgan fingerprint density at radius 2 is 2.10 bits per heavy atom. The van der Waals surface area contributed by atoms with Crippen molar-refractivity contribution in [3.05, 3.63) is 23.7 Å². The van der Waals surface area contributed by atoms with Gasteiger partial charge < -0.3 is 25.9 Å². The molecule has 0 spiro atoms. The standard InChI is InChI=1S/C13H19N3O4/c14-9-3-1-2-4-10(9)16-13(19)15-7-8-5-6-11(20-8)12(17)18/h5-6,9-10H,1-4,7,14H2,(H,17,18)(H2,15,16,19). The lowest BCUT2D eigenvalue weighted by molar-refractivity contribution is 0.0660. The van der Waals surface area contributed by atoms with E-state index in [9.17, 15) is 9.59 Å². The highest BCUT2D eigenvalue weighted by molar-refractivity contribution is 5.84. The second-order valence-electron chi connectivity index (χ2n) is 4.95. The van der Waals surface area contributed by atoms with Crippen LogP contribution in [0.15, 0.2) is 16.5 Å². The molecule has 0 saturated heterocycles. The average molecular weight is 281 g/mol. The van der Waals surface area contributed by atoms with Gasteiger partial charge in [0.05, 0.1) is 6.54 Å². The van der Waals surface area contributed by atoms with E-state index in [0.717, 1.165) is 25.7 Å². The molecular formula is C13H19N3O4. The highest BCUT2D eigenvalue weighted by Crippen LogP contribution is 2.16. The SMILES string of the molecule is NC1CCCCC1NC(=O)NCc1ccc(C(=O)O)o1. The summed E-state index contributed by atoms with van der Waals surface area (Å²) in [6.45, 7) is 0.140. The quantitative estimate of drug-likeness (QED) is 0.658. The van der Waals surface area contributed by atoms with Crippen molar-refractivity contribution in [3.63, 3.8) is 0 Å². The first kappa shape index (κ1) is 14.4. The number of urea groups is 1. The number of amides is 2. The van der Waals surface area contributed by atoms with Gasteiger partial charge in [-0.2, -0.15) is 0 Å². The van der Waals surface area contributed by atoms with E-state index in [-0.39, 0.29) is 30.4 Å². The Morgan fingerprint density at radius 3 is 2.75 bits per heavy atom. The molecule has 0 radical (unpaired) electrons. The Bertz CT molecular complexity index is 486. The zero-order valence-electron chi connectivity index (χ0n) is 11.1. The number of hydrogen-bond donors (Lipinski definition) is 4. The number of rotatable bonds is 4. The molecule has 1 fully saturated rings. The summed E-state index contributed by atoms with van der Waals surface area (Å²) in [5, 5.41) is 14.2. The van der Waals surface area contributed by atoms with E-state index in [4.69, 9.17) is 15.3 Å². The van der Waals surface area contributed by atoms with Gasteiger partial charge in [-0.05, 0) is 25.0 Å². The maximum atomic E-state index is 11.7. The molecule has 2 atom stereocenters. The molecule has 5 N–H and O–H groups in total. The summed E-state index contributed by atoms with van der Waals surface area (Å²) >= 11 is 0. The van der Waals surface area contributed by atoms with Crippen LogP contribution in [0.25, 0.3) is 0 Å². The van der Waals surface area contributed by atoms with Crippen LogP contribution < -0.4 is 16.4 Å². The number of furan rings is 1. The van der Waals surface area contributed by atoms with E-state index in [2.05, 4.69) is 10.6 Å². The van der Waals surface area contributed by atoms with Crippen LogP contribution in [0.2, 0.25) is 0 Å². The lowest BCUT2D eigenvalue weighted by Crippen LogP contribution is -2.51. The van der Waals surface area contributed by atoms with Gasteiger partial charge in [0.25, 0.3) is 0 Å². The van der Waals surface area contributed by atoms with E-state index < -0.39 is 5.97 Å². The number of hydrogen-bond acceptors (Lipinski definition) is 4. The van der Waals surface area contributed by atoms with Gasteiger partial charge in [-0.3, -0.25) is 0 Å². The van der Waals surface area contributed by atoms with Gasteiger partial charge in [0.15, 0.2) is 0 Å². The minimum Gasteiger partial charge on any atom is -0.475 e. The molecule has 7 nitrogen and oxygen atoms in total. The number of aromatic carboxylic acids is 1. The van der Waals surface area contributed by atoms with Crippen LogP contribution in [-0.4, -0.2) is 29.2 Å². The fourth-order valence-corrected chi connectivity index (χ4v) is 2.31. The number of carbonyl (C=O) groups excluding carboxylic acids is 1.